The van der Waals surface area contributed by atoms with E-state index in [1.54, 1.807) is 6.34 Å². The van der Waals surface area contributed by atoms with Gasteiger partial charge in [-0.3, -0.25) is 14.8 Å². The lowest BCUT2D eigenvalue weighted by molar-refractivity contribution is 0.0353. The molecule has 33 heavy (non-hydrogen) atoms. The van der Waals surface area contributed by atoms with Crippen LogP contribution < -0.4 is 15.8 Å². The number of morpholine rings is 1. The van der Waals surface area contributed by atoms with Gasteiger partial charge in [-0.25, -0.2) is 4.98 Å². The van der Waals surface area contributed by atoms with Crippen molar-refractivity contribution in [3.05, 3.63) is 63.6 Å². The van der Waals surface area contributed by atoms with Gasteiger partial charge in [-0.05, 0) is 25.5 Å². The Balaban J connectivity index is 1.34. The van der Waals surface area contributed by atoms with Crippen molar-refractivity contribution >= 4 is 23.8 Å². The number of hydrogen-bond donors (Lipinski definition) is 2. The Morgan fingerprint density at radius 2 is 2.00 bits per heavy atom. The molecule has 2 unspecified atom stereocenters. The van der Waals surface area contributed by atoms with Crippen molar-refractivity contribution in [3.8, 4) is 0 Å². The van der Waals surface area contributed by atoms with Crippen LogP contribution in [0.5, 0.6) is 0 Å². The van der Waals surface area contributed by atoms with Crippen LogP contribution in [0, 0.1) is 0 Å². The molecule has 3 aliphatic rings. The van der Waals surface area contributed by atoms with Gasteiger partial charge in [0.2, 0.25) is 5.95 Å². The molecule has 0 aliphatic carbocycles. The summed E-state index contributed by atoms with van der Waals surface area (Å²) in [5, 5.41) is 7.25. The molecule has 10 nitrogen and oxygen atoms in total. The Bertz CT molecular complexity index is 1170. The highest BCUT2D eigenvalue weighted by atomic mass is 16.7. The monoisotopic (exact) mass is 449 g/mol. The van der Waals surface area contributed by atoms with Gasteiger partial charge in [-0.2, -0.15) is 0 Å². The summed E-state index contributed by atoms with van der Waals surface area (Å²) in [7, 11) is 1.96. The standard InChI is InChI=1S/C23H27N7O3/c1-14-10-18(25-13-24-14)19-11-21(31)27-23(26-19)30-8-9-32-20(12-30)16-4-6-17(7-5-16)22-28-33-15(2)29(22)3/h4-7,10-11,13-15,20H,8-9,12H2,1-3H3,(H,24,25)(H,26,27,31)/t14?,15?,20-/m1/s1. The first-order valence-electron chi connectivity index (χ1n) is 11.0. The van der Waals surface area contributed by atoms with E-state index in [-0.39, 0.29) is 23.9 Å². The van der Waals surface area contributed by atoms with E-state index in [1.165, 1.54) is 6.07 Å². The van der Waals surface area contributed by atoms with Gasteiger partial charge in [0.05, 0.1) is 36.9 Å². The van der Waals surface area contributed by atoms with Crippen LogP contribution in [0.25, 0.3) is 5.70 Å². The van der Waals surface area contributed by atoms with Crippen molar-refractivity contribution in [2.75, 3.05) is 31.6 Å². The van der Waals surface area contributed by atoms with Crippen molar-refractivity contribution < 1.29 is 9.57 Å². The summed E-state index contributed by atoms with van der Waals surface area (Å²) in [5.74, 6) is 1.34. The summed E-state index contributed by atoms with van der Waals surface area (Å²) in [6.45, 7) is 5.69. The minimum absolute atomic E-state index is 0.0336. The maximum Gasteiger partial charge on any atom is 0.252 e. The first-order chi connectivity index (χ1) is 16.0. The van der Waals surface area contributed by atoms with E-state index in [2.05, 4.69) is 25.3 Å². The third-order valence-corrected chi connectivity index (χ3v) is 6.02. The Labute approximate surface area is 191 Å². The third-order valence-electron chi connectivity index (χ3n) is 6.02. The number of benzene rings is 1. The maximum atomic E-state index is 12.4. The zero-order chi connectivity index (χ0) is 22.9. The van der Waals surface area contributed by atoms with Gasteiger partial charge in [-0.15, -0.1) is 0 Å². The molecule has 0 spiro atoms. The van der Waals surface area contributed by atoms with E-state index in [4.69, 9.17) is 14.6 Å². The normalized spacial score (nSPS) is 24.8. The largest absolute Gasteiger partial charge is 0.370 e. The number of nitrogens with zero attached hydrogens (tertiary/aromatic N) is 5. The minimum atomic E-state index is -0.196. The lowest BCUT2D eigenvalue weighted by atomic mass is 10.0. The van der Waals surface area contributed by atoms with Crippen molar-refractivity contribution in [2.24, 2.45) is 10.1 Å². The van der Waals surface area contributed by atoms with Crippen LogP contribution in [0.15, 0.2) is 51.4 Å². The predicted molar refractivity (Wildman–Crippen MR) is 126 cm³/mol. The number of nitrogens with one attached hydrogen (secondary N) is 2. The van der Waals surface area contributed by atoms with Crippen molar-refractivity contribution in [3.63, 3.8) is 0 Å². The van der Waals surface area contributed by atoms with E-state index in [1.807, 2.05) is 56.1 Å². The SMILES string of the molecule is CC1C=C(c2cc(=O)[nH]c(N3CCO[C@@H](c4ccc(C5=NOC(C)N5C)cc4)C3)n2)NC=N1. The second kappa shape index (κ2) is 8.70. The van der Waals surface area contributed by atoms with Crippen LogP contribution >= 0.6 is 0 Å². The fourth-order valence-corrected chi connectivity index (χ4v) is 4.03. The van der Waals surface area contributed by atoms with Crippen molar-refractivity contribution in [1.82, 2.24) is 20.2 Å². The van der Waals surface area contributed by atoms with Gasteiger partial charge in [-0.1, -0.05) is 29.4 Å². The molecule has 1 saturated heterocycles. The molecule has 172 valence electrons. The van der Waals surface area contributed by atoms with Crippen LogP contribution in [-0.2, 0) is 9.57 Å². The van der Waals surface area contributed by atoms with Crippen molar-refractivity contribution in [2.45, 2.75) is 32.2 Å². The lowest BCUT2D eigenvalue weighted by Crippen LogP contribution is -2.40. The summed E-state index contributed by atoms with van der Waals surface area (Å²) >= 11 is 0. The van der Waals surface area contributed by atoms with Gasteiger partial charge in [0, 0.05) is 25.2 Å². The summed E-state index contributed by atoms with van der Waals surface area (Å²) in [6.07, 6.45) is 3.38. The number of rotatable bonds is 4. The average molecular weight is 450 g/mol. The predicted octanol–water partition coefficient (Wildman–Crippen LogP) is 1.68. The summed E-state index contributed by atoms with van der Waals surface area (Å²) in [4.78, 5) is 33.6. The number of ether oxygens (including phenoxy) is 1. The fraction of sp³-hybridized carbons (Fsp3) is 0.391. The summed E-state index contributed by atoms with van der Waals surface area (Å²) < 4.78 is 6.04. The topological polar surface area (TPSA) is 107 Å². The molecule has 5 rings (SSSR count). The number of aliphatic imine (C=N–C) groups is 1. The Morgan fingerprint density at radius 3 is 2.73 bits per heavy atom. The number of aromatic amines is 1. The summed E-state index contributed by atoms with van der Waals surface area (Å²) in [6, 6.07) is 9.68. The molecule has 1 aromatic carbocycles. The highest BCUT2D eigenvalue weighted by Gasteiger charge is 2.26. The molecule has 4 heterocycles. The Kier molecular flexibility index (Phi) is 5.59. The zero-order valence-electron chi connectivity index (χ0n) is 18.9. The Morgan fingerprint density at radius 1 is 1.18 bits per heavy atom. The molecule has 3 aliphatic heterocycles. The number of aromatic nitrogens is 2. The van der Waals surface area contributed by atoms with E-state index < -0.39 is 0 Å². The molecule has 10 heteroatoms. The van der Waals surface area contributed by atoms with Crippen LogP contribution in [0.2, 0.25) is 0 Å². The third kappa shape index (κ3) is 4.34. The van der Waals surface area contributed by atoms with E-state index in [0.29, 0.717) is 31.3 Å². The second-order valence-corrected chi connectivity index (χ2v) is 8.36. The molecule has 0 bridgehead atoms. The smallest absolute Gasteiger partial charge is 0.252 e. The number of amidine groups is 1. The van der Waals surface area contributed by atoms with Gasteiger partial charge in [0.25, 0.3) is 5.56 Å². The lowest BCUT2D eigenvalue weighted by Gasteiger charge is -2.33. The first-order valence-corrected chi connectivity index (χ1v) is 11.0. The average Bonchev–Trinajstić information content (AvgIpc) is 3.17. The second-order valence-electron chi connectivity index (χ2n) is 8.36. The molecule has 1 fully saturated rings. The zero-order valence-corrected chi connectivity index (χ0v) is 18.9. The van der Waals surface area contributed by atoms with Gasteiger partial charge >= 0.3 is 0 Å². The van der Waals surface area contributed by atoms with E-state index in [9.17, 15) is 4.79 Å². The highest BCUT2D eigenvalue weighted by molar-refractivity contribution is 5.99. The Hall–Kier alpha value is -3.66. The number of hydrogen-bond acceptors (Lipinski definition) is 9. The molecule has 0 amide bonds. The van der Waals surface area contributed by atoms with Gasteiger partial charge in [0.1, 0.15) is 6.10 Å². The van der Waals surface area contributed by atoms with Crippen LogP contribution in [0.3, 0.4) is 0 Å². The molecular weight excluding hydrogens is 422 g/mol. The minimum Gasteiger partial charge on any atom is -0.370 e. The molecule has 2 N–H and O–H groups in total. The molecule has 0 radical (unpaired) electrons. The molecule has 3 atom stereocenters. The molecule has 2 aromatic rings. The van der Waals surface area contributed by atoms with Gasteiger partial charge in [0.15, 0.2) is 12.1 Å². The number of oxime groups is 1. The van der Waals surface area contributed by atoms with Crippen LogP contribution in [-0.4, -0.2) is 66.1 Å². The highest BCUT2D eigenvalue weighted by Crippen LogP contribution is 2.26. The first kappa shape index (κ1) is 21.2. The number of anilines is 1. The summed E-state index contributed by atoms with van der Waals surface area (Å²) in [5.41, 5.74) is 3.22. The van der Waals surface area contributed by atoms with E-state index in [0.717, 1.165) is 22.7 Å². The van der Waals surface area contributed by atoms with Gasteiger partial charge < -0.3 is 24.7 Å². The van der Waals surface area contributed by atoms with E-state index >= 15 is 0 Å². The molecule has 1 aromatic heterocycles. The number of H-pyrrole nitrogens is 1. The molecule has 0 saturated carbocycles. The van der Waals surface area contributed by atoms with Crippen LogP contribution in [0.4, 0.5) is 5.95 Å². The maximum absolute atomic E-state index is 12.4. The van der Waals surface area contributed by atoms with Crippen LogP contribution in [0.1, 0.15) is 36.8 Å². The molecular formula is C23H27N7O3. The fourth-order valence-electron chi connectivity index (χ4n) is 4.03. The van der Waals surface area contributed by atoms with Crippen molar-refractivity contribution in [1.29, 1.82) is 0 Å². The quantitative estimate of drug-likeness (QED) is 0.731.